The molecule has 3 nitrogen and oxygen atoms in total. The molecular formula is C16H15FINO2. The first-order valence-electron chi connectivity index (χ1n) is 6.41. The predicted octanol–water partition coefficient (Wildman–Crippen LogP) is 3.47. The molecule has 0 saturated heterocycles. The summed E-state index contributed by atoms with van der Waals surface area (Å²) in [4.78, 5) is 13.5. The standard InChI is InChI=1S/C16H15FINO2/c1-19(10-12-2-4-13(17)5-3-12)16(20)11-21-15-8-6-14(18)7-9-15/h2-9H,10-11H2,1H3. The van der Waals surface area contributed by atoms with E-state index in [2.05, 4.69) is 22.6 Å². The van der Waals surface area contributed by atoms with Crippen LogP contribution in [0, 0.1) is 9.39 Å². The molecule has 0 heterocycles. The Balaban J connectivity index is 1.84. The van der Waals surface area contributed by atoms with Crippen LogP contribution in [0.25, 0.3) is 0 Å². The summed E-state index contributed by atoms with van der Waals surface area (Å²) in [6.45, 7) is 0.410. The van der Waals surface area contributed by atoms with Crippen molar-refractivity contribution in [3.8, 4) is 5.75 Å². The molecule has 1 amide bonds. The minimum Gasteiger partial charge on any atom is -0.484 e. The molecule has 0 radical (unpaired) electrons. The van der Waals surface area contributed by atoms with Crippen LogP contribution in [0.15, 0.2) is 48.5 Å². The molecule has 0 aliphatic rings. The highest BCUT2D eigenvalue weighted by Crippen LogP contribution is 2.13. The van der Waals surface area contributed by atoms with Crippen molar-refractivity contribution in [2.75, 3.05) is 13.7 Å². The number of carbonyl (C=O) groups is 1. The molecule has 21 heavy (non-hydrogen) atoms. The number of ether oxygens (including phenoxy) is 1. The normalized spacial score (nSPS) is 10.2. The van der Waals surface area contributed by atoms with Crippen molar-refractivity contribution < 1.29 is 13.9 Å². The third-order valence-electron chi connectivity index (χ3n) is 2.93. The van der Waals surface area contributed by atoms with Crippen LogP contribution in [-0.4, -0.2) is 24.5 Å². The van der Waals surface area contributed by atoms with E-state index in [9.17, 15) is 9.18 Å². The van der Waals surface area contributed by atoms with E-state index < -0.39 is 0 Å². The van der Waals surface area contributed by atoms with Crippen molar-refractivity contribution in [2.24, 2.45) is 0 Å². The Kier molecular flexibility index (Phi) is 5.55. The average molecular weight is 399 g/mol. The lowest BCUT2D eigenvalue weighted by atomic mass is 10.2. The predicted molar refractivity (Wildman–Crippen MR) is 87.5 cm³/mol. The van der Waals surface area contributed by atoms with Crippen molar-refractivity contribution >= 4 is 28.5 Å². The second kappa shape index (κ2) is 7.40. The molecule has 0 N–H and O–H groups in total. The van der Waals surface area contributed by atoms with Gasteiger partial charge in [0.05, 0.1) is 0 Å². The number of hydrogen-bond acceptors (Lipinski definition) is 2. The molecule has 2 aromatic rings. The van der Waals surface area contributed by atoms with Gasteiger partial charge in [-0.25, -0.2) is 4.39 Å². The molecule has 2 rings (SSSR count). The number of benzene rings is 2. The van der Waals surface area contributed by atoms with Gasteiger partial charge in [-0.1, -0.05) is 12.1 Å². The van der Waals surface area contributed by atoms with Crippen LogP contribution < -0.4 is 4.74 Å². The van der Waals surface area contributed by atoms with Crippen LogP contribution in [0.3, 0.4) is 0 Å². The van der Waals surface area contributed by atoms with Gasteiger partial charge in [-0.15, -0.1) is 0 Å². The summed E-state index contributed by atoms with van der Waals surface area (Å²) in [5, 5.41) is 0. The van der Waals surface area contributed by atoms with Gasteiger partial charge in [0.25, 0.3) is 5.91 Å². The van der Waals surface area contributed by atoms with Crippen molar-refractivity contribution in [3.63, 3.8) is 0 Å². The summed E-state index contributed by atoms with van der Waals surface area (Å²) >= 11 is 2.21. The molecule has 0 aliphatic heterocycles. The molecule has 2 aromatic carbocycles. The summed E-state index contributed by atoms with van der Waals surface area (Å²) in [6, 6.07) is 13.6. The van der Waals surface area contributed by atoms with Crippen LogP contribution in [0.2, 0.25) is 0 Å². The Labute approximate surface area is 136 Å². The molecule has 5 heteroatoms. The van der Waals surface area contributed by atoms with Crippen LogP contribution in [0.5, 0.6) is 5.75 Å². The van der Waals surface area contributed by atoms with Crippen LogP contribution in [0.1, 0.15) is 5.56 Å². The zero-order valence-corrected chi connectivity index (χ0v) is 13.7. The van der Waals surface area contributed by atoms with Gasteiger partial charge in [0, 0.05) is 17.2 Å². The van der Waals surface area contributed by atoms with Crippen LogP contribution >= 0.6 is 22.6 Å². The second-order valence-corrected chi connectivity index (χ2v) is 5.86. The SMILES string of the molecule is CN(Cc1ccc(F)cc1)C(=O)COc1ccc(I)cc1. The van der Waals surface area contributed by atoms with E-state index >= 15 is 0 Å². The van der Waals surface area contributed by atoms with Crippen molar-refractivity contribution in [1.82, 2.24) is 4.90 Å². The number of nitrogens with zero attached hydrogens (tertiary/aromatic N) is 1. The highest BCUT2D eigenvalue weighted by atomic mass is 127. The second-order valence-electron chi connectivity index (χ2n) is 4.62. The Hall–Kier alpha value is -1.63. The topological polar surface area (TPSA) is 29.5 Å². The zero-order valence-electron chi connectivity index (χ0n) is 11.6. The van der Waals surface area contributed by atoms with E-state index in [-0.39, 0.29) is 18.3 Å². The minimum absolute atomic E-state index is 0.0156. The fourth-order valence-electron chi connectivity index (χ4n) is 1.74. The fraction of sp³-hybridized carbons (Fsp3) is 0.188. The van der Waals surface area contributed by atoms with Gasteiger partial charge in [0.2, 0.25) is 0 Å². The summed E-state index contributed by atoms with van der Waals surface area (Å²) in [5.74, 6) is 0.256. The van der Waals surface area contributed by atoms with E-state index in [4.69, 9.17) is 4.74 Å². The van der Waals surface area contributed by atoms with E-state index in [0.29, 0.717) is 12.3 Å². The Bertz CT molecular complexity index is 599. The number of carbonyl (C=O) groups excluding carboxylic acids is 1. The lowest BCUT2D eigenvalue weighted by Crippen LogP contribution is -2.30. The van der Waals surface area contributed by atoms with Crippen molar-refractivity contribution in [2.45, 2.75) is 6.54 Å². The molecule has 0 aliphatic carbocycles. The van der Waals surface area contributed by atoms with Crippen LogP contribution in [0.4, 0.5) is 4.39 Å². The molecule has 0 bridgehead atoms. The summed E-state index contributed by atoms with van der Waals surface area (Å²) in [6.07, 6.45) is 0. The maximum Gasteiger partial charge on any atom is 0.260 e. The maximum absolute atomic E-state index is 12.8. The van der Waals surface area contributed by atoms with E-state index in [1.807, 2.05) is 24.3 Å². The Morgan fingerprint density at radius 1 is 1.14 bits per heavy atom. The van der Waals surface area contributed by atoms with E-state index in [1.54, 1.807) is 24.1 Å². The molecule has 0 fully saturated rings. The maximum atomic E-state index is 12.8. The first-order valence-corrected chi connectivity index (χ1v) is 7.49. The number of halogens is 2. The van der Waals surface area contributed by atoms with Gasteiger partial charge in [-0.3, -0.25) is 4.79 Å². The molecule has 0 atom stereocenters. The summed E-state index contributed by atoms with van der Waals surface area (Å²) in [7, 11) is 1.70. The Morgan fingerprint density at radius 2 is 1.76 bits per heavy atom. The molecule has 0 unspecified atom stereocenters. The number of rotatable bonds is 5. The average Bonchev–Trinajstić information content (AvgIpc) is 2.48. The fourth-order valence-corrected chi connectivity index (χ4v) is 2.10. The third-order valence-corrected chi connectivity index (χ3v) is 3.65. The molecule has 0 spiro atoms. The van der Waals surface area contributed by atoms with E-state index in [0.717, 1.165) is 9.13 Å². The highest BCUT2D eigenvalue weighted by molar-refractivity contribution is 14.1. The molecule has 0 aromatic heterocycles. The van der Waals surface area contributed by atoms with Gasteiger partial charge in [-0.05, 0) is 64.6 Å². The lowest BCUT2D eigenvalue weighted by Gasteiger charge is -2.17. The molecule has 0 saturated carbocycles. The quantitative estimate of drug-likeness (QED) is 0.721. The van der Waals surface area contributed by atoms with Crippen LogP contribution in [-0.2, 0) is 11.3 Å². The van der Waals surface area contributed by atoms with E-state index in [1.165, 1.54) is 12.1 Å². The third kappa shape index (κ3) is 5.00. The first kappa shape index (κ1) is 15.8. The molecular weight excluding hydrogens is 384 g/mol. The number of amides is 1. The minimum atomic E-state index is -0.283. The largest absolute Gasteiger partial charge is 0.484 e. The van der Waals surface area contributed by atoms with Crippen molar-refractivity contribution in [1.29, 1.82) is 0 Å². The van der Waals surface area contributed by atoms with Crippen molar-refractivity contribution in [3.05, 3.63) is 63.5 Å². The van der Waals surface area contributed by atoms with Gasteiger partial charge < -0.3 is 9.64 Å². The highest BCUT2D eigenvalue weighted by Gasteiger charge is 2.10. The summed E-state index contributed by atoms with van der Waals surface area (Å²) < 4.78 is 19.4. The smallest absolute Gasteiger partial charge is 0.260 e. The number of hydrogen-bond donors (Lipinski definition) is 0. The monoisotopic (exact) mass is 399 g/mol. The molecule has 110 valence electrons. The van der Waals surface area contributed by atoms with Gasteiger partial charge in [-0.2, -0.15) is 0 Å². The number of likely N-dealkylation sites (N-methyl/N-ethyl adjacent to an activating group) is 1. The first-order chi connectivity index (χ1) is 10.0. The van der Waals surface area contributed by atoms with Gasteiger partial charge >= 0.3 is 0 Å². The van der Waals surface area contributed by atoms with Gasteiger partial charge in [0.15, 0.2) is 6.61 Å². The Morgan fingerprint density at radius 3 is 2.38 bits per heavy atom. The zero-order chi connectivity index (χ0) is 15.2. The lowest BCUT2D eigenvalue weighted by molar-refractivity contribution is -0.132. The van der Waals surface area contributed by atoms with Gasteiger partial charge in [0.1, 0.15) is 11.6 Å². The summed E-state index contributed by atoms with van der Waals surface area (Å²) in [5.41, 5.74) is 0.876.